The van der Waals surface area contributed by atoms with Gasteiger partial charge in [0, 0.05) is 17.3 Å². The third kappa shape index (κ3) is 4.56. The first-order valence-corrected chi connectivity index (χ1v) is 9.59. The van der Waals surface area contributed by atoms with Gasteiger partial charge in [0.1, 0.15) is 6.73 Å². The van der Waals surface area contributed by atoms with E-state index in [1.165, 1.54) is 11.1 Å². The third-order valence-corrected chi connectivity index (χ3v) is 6.01. The molecule has 7 nitrogen and oxygen atoms in total. The highest BCUT2D eigenvalue weighted by Gasteiger charge is 2.32. The highest BCUT2D eigenvalue weighted by atomic mass is 79.9. The number of nitrogens with one attached hydrogen (secondary N) is 1. The molecule has 0 amide bonds. The Balaban J connectivity index is 2.04. The minimum absolute atomic E-state index is 0.161. The number of rotatable bonds is 8. The van der Waals surface area contributed by atoms with Crippen LogP contribution >= 0.6 is 15.9 Å². The van der Waals surface area contributed by atoms with E-state index in [2.05, 4.69) is 20.7 Å². The van der Waals surface area contributed by atoms with Crippen molar-refractivity contribution in [1.29, 1.82) is 0 Å². The number of halogens is 1. The number of hydrogen-bond donors (Lipinski definition) is 1. The third-order valence-electron chi connectivity index (χ3n) is 3.60. The van der Waals surface area contributed by atoms with Gasteiger partial charge in [0.05, 0.1) is 18.1 Å². The quantitative estimate of drug-likeness (QED) is 0.649. The molecule has 0 bridgehead atoms. The fourth-order valence-corrected chi connectivity index (χ4v) is 4.20. The molecule has 1 unspecified atom stereocenters. The van der Waals surface area contributed by atoms with E-state index in [4.69, 9.17) is 14.3 Å². The van der Waals surface area contributed by atoms with Crippen molar-refractivity contribution in [2.45, 2.75) is 25.0 Å². The predicted octanol–water partition coefficient (Wildman–Crippen LogP) is 2.22. The molecule has 0 aromatic heterocycles. The van der Waals surface area contributed by atoms with E-state index < -0.39 is 16.3 Å². The number of hydrogen-bond acceptors (Lipinski definition) is 6. The Morgan fingerprint density at radius 1 is 1.29 bits per heavy atom. The standard InChI is InChI=1S/C15H21BrN2O5S/c1-11-12(2)18(10-22-9-8-21-3)23-15(11)17-24(19,20)14-7-5-4-6-13(14)16/h4-7,15,17H,8-10H2,1-3H3. The normalized spacial score (nSPS) is 18.5. The summed E-state index contributed by atoms with van der Waals surface area (Å²) in [5.41, 5.74) is 1.59. The molecule has 1 aromatic rings. The van der Waals surface area contributed by atoms with Gasteiger partial charge in [-0.15, -0.1) is 0 Å². The van der Waals surface area contributed by atoms with Crippen molar-refractivity contribution < 1.29 is 22.7 Å². The van der Waals surface area contributed by atoms with Crippen LogP contribution in [0.1, 0.15) is 13.8 Å². The van der Waals surface area contributed by atoms with Crippen molar-refractivity contribution in [1.82, 2.24) is 9.79 Å². The van der Waals surface area contributed by atoms with Gasteiger partial charge < -0.3 is 9.47 Å². The van der Waals surface area contributed by atoms with Crippen molar-refractivity contribution in [3.63, 3.8) is 0 Å². The lowest BCUT2D eigenvalue weighted by Crippen LogP contribution is -2.38. The molecule has 1 heterocycles. The van der Waals surface area contributed by atoms with E-state index in [-0.39, 0.29) is 11.6 Å². The van der Waals surface area contributed by atoms with E-state index in [1.807, 2.05) is 13.8 Å². The highest BCUT2D eigenvalue weighted by molar-refractivity contribution is 9.10. The molecule has 0 saturated carbocycles. The number of methoxy groups -OCH3 is 1. The van der Waals surface area contributed by atoms with E-state index in [0.29, 0.717) is 17.7 Å². The zero-order valence-corrected chi connectivity index (χ0v) is 16.2. The molecular weight excluding hydrogens is 400 g/mol. The molecule has 9 heteroatoms. The van der Waals surface area contributed by atoms with Gasteiger partial charge in [-0.25, -0.2) is 18.3 Å². The number of allylic oxidation sites excluding steroid dienone is 1. The van der Waals surface area contributed by atoms with E-state index >= 15 is 0 Å². The molecule has 1 aliphatic heterocycles. The fraction of sp³-hybridized carbons (Fsp3) is 0.467. The summed E-state index contributed by atoms with van der Waals surface area (Å²) in [4.78, 5) is 5.81. The number of hydroxylamine groups is 2. The summed E-state index contributed by atoms with van der Waals surface area (Å²) in [6, 6.07) is 6.62. The van der Waals surface area contributed by atoms with Crippen LogP contribution in [0.5, 0.6) is 0 Å². The first-order chi connectivity index (χ1) is 11.4. The van der Waals surface area contributed by atoms with Crippen molar-refractivity contribution >= 4 is 26.0 Å². The largest absolute Gasteiger partial charge is 0.382 e. The Kier molecular flexibility index (Phi) is 6.79. The summed E-state index contributed by atoms with van der Waals surface area (Å²) < 4.78 is 38.5. The van der Waals surface area contributed by atoms with Crippen LogP contribution in [0.15, 0.2) is 44.9 Å². The van der Waals surface area contributed by atoms with Gasteiger partial charge in [0.2, 0.25) is 10.0 Å². The number of nitrogens with zero attached hydrogens (tertiary/aromatic N) is 1. The van der Waals surface area contributed by atoms with Crippen LogP contribution in [0.3, 0.4) is 0 Å². The summed E-state index contributed by atoms with van der Waals surface area (Å²) in [7, 11) is -2.13. The average Bonchev–Trinajstić information content (AvgIpc) is 2.79. The summed E-state index contributed by atoms with van der Waals surface area (Å²) >= 11 is 3.25. The van der Waals surface area contributed by atoms with Crippen LogP contribution in [0, 0.1) is 0 Å². The molecule has 0 radical (unpaired) electrons. The average molecular weight is 421 g/mol. The Bertz CT molecular complexity index is 708. The molecule has 0 aliphatic carbocycles. The lowest BCUT2D eigenvalue weighted by Gasteiger charge is -2.21. The van der Waals surface area contributed by atoms with Crippen LogP contribution in [-0.2, 0) is 24.3 Å². The van der Waals surface area contributed by atoms with E-state index in [9.17, 15) is 8.42 Å². The van der Waals surface area contributed by atoms with Crippen LogP contribution in [0.2, 0.25) is 0 Å². The summed E-state index contributed by atoms with van der Waals surface area (Å²) in [6.07, 6.45) is -0.770. The number of sulfonamides is 1. The minimum Gasteiger partial charge on any atom is -0.382 e. The van der Waals surface area contributed by atoms with E-state index in [1.54, 1.807) is 25.3 Å². The Labute approximate surface area is 150 Å². The lowest BCUT2D eigenvalue weighted by molar-refractivity contribution is -0.191. The van der Waals surface area contributed by atoms with Gasteiger partial charge in [-0.05, 0) is 47.5 Å². The van der Waals surface area contributed by atoms with Crippen LogP contribution in [-0.4, -0.2) is 46.8 Å². The lowest BCUT2D eigenvalue weighted by atomic mass is 10.2. The van der Waals surface area contributed by atoms with Crippen molar-refractivity contribution in [2.24, 2.45) is 0 Å². The summed E-state index contributed by atoms with van der Waals surface area (Å²) in [5.74, 6) is 0. The molecule has 0 fully saturated rings. The SMILES string of the molecule is COCCOCN1OC(NS(=O)(=O)c2ccccc2Br)C(C)=C1C. The zero-order valence-electron chi connectivity index (χ0n) is 13.8. The van der Waals surface area contributed by atoms with Gasteiger partial charge >= 0.3 is 0 Å². The van der Waals surface area contributed by atoms with E-state index in [0.717, 1.165) is 11.3 Å². The maximum Gasteiger partial charge on any atom is 0.244 e. The molecule has 1 aliphatic rings. The van der Waals surface area contributed by atoms with Gasteiger partial charge in [-0.3, -0.25) is 0 Å². The fourth-order valence-electron chi connectivity index (χ4n) is 2.07. The summed E-state index contributed by atoms with van der Waals surface area (Å²) in [6.45, 7) is 4.77. The minimum atomic E-state index is -3.73. The van der Waals surface area contributed by atoms with Crippen LogP contribution in [0.25, 0.3) is 0 Å². The maximum absolute atomic E-state index is 12.6. The second-order valence-electron chi connectivity index (χ2n) is 5.21. The molecule has 1 N–H and O–H groups in total. The van der Waals surface area contributed by atoms with Crippen molar-refractivity contribution in [3.8, 4) is 0 Å². The first kappa shape index (κ1) is 19.4. The number of benzene rings is 1. The van der Waals surface area contributed by atoms with Gasteiger partial charge in [-0.2, -0.15) is 4.72 Å². The molecule has 1 atom stereocenters. The molecule has 134 valence electrons. The van der Waals surface area contributed by atoms with Crippen LogP contribution in [0.4, 0.5) is 0 Å². The molecule has 1 aromatic carbocycles. The van der Waals surface area contributed by atoms with Gasteiger partial charge in [-0.1, -0.05) is 12.1 Å². The molecule has 2 rings (SSSR count). The summed E-state index contributed by atoms with van der Waals surface area (Å²) in [5, 5.41) is 1.53. The Hall–Kier alpha value is -0.970. The smallest absolute Gasteiger partial charge is 0.244 e. The maximum atomic E-state index is 12.6. The van der Waals surface area contributed by atoms with Crippen molar-refractivity contribution in [2.75, 3.05) is 27.1 Å². The topological polar surface area (TPSA) is 77.1 Å². The highest BCUT2D eigenvalue weighted by Crippen LogP contribution is 2.27. The van der Waals surface area contributed by atoms with Gasteiger partial charge in [0.25, 0.3) is 0 Å². The molecule has 24 heavy (non-hydrogen) atoms. The second kappa shape index (κ2) is 8.41. The predicted molar refractivity (Wildman–Crippen MR) is 92.2 cm³/mol. The zero-order chi connectivity index (χ0) is 17.7. The van der Waals surface area contributed by atoms with Crippen LogP contribution < -0.4 is 4.72 Å². The van der Waals surface area contributed by atoms with Gasteiger partial charge in [0.15, 0.2) is 6.23 Å². The molecule has 0 spiro atoms. The Morgan fingerprint density at radius 3 is 2.67 bits per heavy atom. The molecular formula is C15H21BrN2O5S. The Morgan fingerprint density at radius 2 is 2.00 bits per heavy atom. The first-order valence-electron chi connectivity index (χ1n) is 7.32. The number of ether oxygens (including phenoxy) is 2. The second-order valence-corrected chi connectivity index (χ2v) is 7.75. The molecule has 0 saturated heterocycles. The monoisotopic (exact) mass is 420 g/mol. The van der Waals surface area contributed by atoms with Crippen molar-refractivity contribution in [3.05, 3.63) is 40.0 Å².